The van der Waals surface area contributed by atoms with Gasteiger partial charge in [0, 0.05) is 24.2 Å². The summed E-state index contributed by atoms with van der Waals surface area (Å²) in [7, 11) is 0. The van der Waals surface area contributed by atoms with Crippen LogP contribution in [0.3, 0.4) is 0 Å². The summed E-state index contributed by atoms with van der Waals surface area (Å²) < 4.78 is 11.8. The monoisotopic (exact) mass is 254 g/mol. The van der Waals surface area contributed by atoms with Crippen LogP contribution >= 0.6 is 0 Å². The Kier molecular flexibility index (Phi) is 2.80. The van der Waals surface area contributed by atoms with Gasteiger partial charge >= 0.3 is 5.69 Å². The van der Waals surface area contributed by atoms with Gasteiger partial charge in [-0.2, -0.15) is 0 Å². The number of nitro benzene ring substituents is 1. The highest BCUT2D eigenvalue weighted by Gasteiger charge is 2.40. The first-order valence-corrected chi connectivity index (χ1v) is 6.19. The SMILES string of the molecule is CC(=O)N1C[S+]([O-])c2c1cc(C)cc2[N+](=O)[O-]. The molecule has 0 aliphatic carbocycles. The molecule has 1 amide bonds. The third kappa shape index (κ3) is 1.87. The Labute approximate surface area is 101 Å². The molecule has 1 atom stereocenters. The molecule has 1 heterocycles. The van der Waals surface area contributed by atoms with E-state index in [-0.39, 0.29) is 22.4 Å². The van der Waals surface area contributed by atoms with Gasteiger partial charge in [0.2, 0.25) is 5.91 Å². The van der Waals surface area contributed by atoms with E-state index in [2.05, 4.69) is 0 Å². The summed E-state index contributed by atoms with van der Waals surface area (Å²) in [5, 5.41) is 10.9. The third-order valence-electron chi connectivity index (χ3n) is 2.54. The fourth-order valence-electron chi connectivity index (χ4n) is 1.82. The van der Waals surface area contributed by atoms with Crippen LogP contribution in [0.5, 0.6) is 0 Å². The second-order valence-electron chi connectivity index (χ2n) is 3.81. The first-order valence-electron chi connectivity index (χ1n) is 4.87. The van der Waals surface area contributed by atoms with Crippen LogP contribution in [0.15, 0.2) is 17.0 Å². The van der Waals surface area contributed by atoms with Crippen LogP contribution in [0.4, 0.5) is 11.4 Å². The van der Waals surface area contributed by atoms with Crippen molar-refractivity contribution in [2.45, 2.75) is 18.7 Å². The second kappa shape index (κ2) is 4.01. The molecular formula is C10H10N2O4S. The molecule has 0 aromatic heterocycles. The average molecular weight is 254 g/mol. The van der Waals surface area contributed by atoms with Gasteiger partial charge in [0.05, 0.1) is 4.92 Å². The van der Waals surface area contributed by atoms with Crippen LogP contribution in [-0.2, 0) is 16.0 Å². The Balaban J connectivity index is 2.67. The largest absolute Gasteiger partial charge is 0.610 e. The number of fused-ring (bicyclic) bond motifs is 1. The van der Waals surface area contributed by atoms with Gasteiger partial charge in [-0.15, -0.1) is 0 Å². The maximum atomic E-state index is 11.8. The van der Waals surface area contributed by atoms with Crippen molar-refractivity contribution in [3.05, 3.63) is 27.8 Å². The van der Waals surface area contributed by atoms with Crippen molar-refractivity contribution >= 4 is 28.5 Å². The second-order valence-corrected chi connectivity index (χ2v) is 5.17. The standard InChI is InChI=1S/C10H10N2O4S/c1-6-3-8-10(9(4-6)12(14)15)17(16)5-11(8)7(2)13/h3-4H,5H2,1-2H3. The number of hydrogen-bond donors (Lipinski definition) is 0. The van der Waals surface area contributed by atoms with Crippen LogP contribution in [0.1, 0.15) is 12.5 Å². The van der Waals surface area contributed by atoms with Gasteiger partial charge in [-0.25, -0.2) is 0 Å². The summed E-state index contributed by atoms with van der Waals surface area (Å²) in [6.07, 6.45) is 0. The Morgan fingerprint density at radius 2 is 2.18 bits per heavy atom. The number of aryl methyl sites for hydroxylation is 1. The zero-order chi connectivity index (χ0) is 12.7. The fraction of sp³-hybridized carbons (Fsp3) is 0.300. The van der Waals surface area contributed by atoms with E-state index < -0.39 is 16.1 Å². The van der Waals surface area contributed by atoms with Gasteiger partial charge in [0.15, 0.2) is 5.88 Å². The first kappa shape index (κ1) is 11.9. The van der Waals surface area contributed by atoms with Crippen LogP contribution in [0.2, 0.25) is 0 Å². The molecule has 0 fully saturated rings. The van der Waals surface area contributed by atoms with Gasteiger partial charge in [0.25, 0.3) is 4.90 Å². The molecule has 1 aromatic rings. The lowest BCUT2D eigenvalue weighted by molar-refractivity contribution is -0.387. The molecule has 0 saturated heterocycles. The van der Waals surface area contributed by atoms with E-state index in [0.717, 1.165) is 0 Å². The van der Waals surface area contributed by atoms with E-state index in [1.54, 1.807) is 13.0 Å². The van der Waals surface area contributed by atoms with Crippen molar-refractivity contribution in [2.75, 3.05) is 10.8 Å². The van der Waals surface area contributed by atoms with Crippen molar-refractivity contribution in [2.24, 2.45) is 0 Å². The van der Waals surface area contributed by atoms with E-state index >= 15 is 0 Å². The minimum absolute atomic E-state index is 0.00500. The molecule has 0 bridgehead atoms. The average Bonchev–Trinajstić information content (AvgIpc) is 2.54. The van der Waals surface area contributed by atoms with E-state index in [9.17, 15) is 19.5 Å². The number of nitro groups is 1. The molecule has 1 aliphatic heterocycles. The predicted octanol–water partition coefficient (Wildman–Crippen LogP) is 1.33. The van der Waals surface area contributed by atoms with E-state index in [1.165, 1.54) is 17.9 Å². The molecule has 90 valence electrons. The number of nitrogens with zero attached hydrogens (tertiary/aromatic N) is 2. The number of rotatable bonds is 1. The summed E-state index contributed by atoms with van der Waals surface area (Å²) in [5.74, 6) is -0.272. The summed E-state index contributed by atoms with van der Waals surface area (Å²) in [6, 6.07) is 3.02. The molecule has 1 aliphatic rings. The Morgan fingerprint density at radius 1 is 1.53 bits per heavy atom. The van der Waals surface area contributed by atoms with Crippen molar-refractivity contribution in [1.29, 1.82) is 0 Å². The van der Waals surface area contributed by atoms with Crippen LogP contribution in [0.25, 0.3) is 0 Å². The molecule has 1 aromatic carbocycles. The third-order valence-corrected chi connectivity index (χ3v) is 3.90. The van der Waals surface area contributed by atoms with Gasteiger partial charge in [0.1, 0.15) is 5.69 Å². The Morgan fingerprint density at radius 3 is 2.71 bits per heavy atom. The molecule has 6 nitrogen and oxygen atoms in total. The lowest BCUT2D eigenvalue weighted by Crippen LogP contribution is -2.27. The van der Waals surface area contributed by atoms with Gasteiger partial charge in [-0.3, -0.25) is 19.8 Å². The highest BCUT2D eigenvalue weighted by molar-refractivity contribution is 7.92. The van der Waals surface area contributed by atoms with E-state index in [4.69, 9.17) is 0 Å². The van der Waals surface area contributed by atoms with Crippen molar-refractivity contribution < 1.29 is 14.3 Å². The number of carbonyl (C=O) groups is 1. The molecule has 0 N–H and O–H groups in total. The lowest BCUT2D eigenvalue weighted by atomic mass is 10.2. The maximum Gasteiger partial charge on any atom is 0.326 e. The number of anilines is 1. The molecule has 0 radical (unpaired) electrons. The Hall–Kier alpha value is -1.60. The zero-order valence-electron chi connectivity index (χ0n) is 9.30. The van der Waals surface area contributed by atoms with Crippen molar-refractivity contribution in [1.82, 2.24) is 0 Å². The molecule has 17 heavy (non-hydrogen) atoms. The van der Waals surface area contributed by atoms with Gasteiger partial charge in [-0.1, -0.05) is 0 Å². The predicted molar refractivity (Wildman–Crippen MR) is 62.3 cm³/mol. The van der Waals surface area contributed by atoms with Gasteiger partial charge in [-0.05, 0) is 18.6 Å². The smallest absolute Gasteiger partial charge is 0.326 e. The van der Waals surface area contributed by atoms with E-state index in [1.807, 2.05) is 0 Å². The minimum atomic E-state index is -1.53. The summed E-state index contributed by atoms with van der Waals surface area (Å²) in [5.41, 5.74) is 0.880. The highest BCUT2D eigenvalue weighted by atomic mass is 32.2. The number of hydrogen-bond acceptors (Lipinski definition) is 4. The van der Waals surface area contributed by atoms with Crippen molar-refractivity contribution in [3.63, 3.8) is 0 Å². The molecule has 2 rings (SSSR count). The number of carbonyl (C=O) groups excluding carboxylic acids is 1. The molecular weight excluding hydrogens is 244 g/mol. The molecule has 0 spiro atoms. The number of benzene rings is 1. The summed E-state index contributed by atoms with van der Waals surface area (Å²) in [4.78, 5) is 23.2. The van der Waals surface area contributed by atoms with Crippen LogP contribution in [0, 0.1) is 17.0 Å². The zero-order valence-corrected chi connectivity index (χ0v) is 10.1. The number of amides is 1. The van der Waals surface area contributed by atoms with Crippen LogP contribution in [-0.4, -0.2) is 21.3 Å². The lowest BCUT2D eigenvalue weighted by Gasteiger charge is -2.10. The van der Waals surface area contributed by atoms with Crippen LogP contribution < -0.4 is 4.90 Å². The molecule has 1 unspecified atom stereocenters. The normalized spacial score (nSPS) is 18.1. The fourth-order valence-corrected chi connectivity index (χ4v) is 3.27. The quantitative estimate of drug-likeness (QED) is 0.430. The van der Waals surface area contributed by atoms with Gasteiger partial charge < -0.3 is 4.55 Å². The first-order chi connectivity index (χ1) is 7.91. The van der Waals surface area contributed by atoms with Crippen molar-refractivity contribution in [3.8, 4) is 0 Å². The highest BCUT2D eigenvalue weighted by Crippen LogP contribution is 2.41. The topological polar surface area (TPSA) is 86.5 Å². The molecule has 0 saturated carbocycles. The van der Waals surface area contributed by atoms with E-state index in [0.29, 0.717) is 11.3 Å². The molecule has 7 heteroatoms. The summed E-state index contributed by atoms with van der Waals surface area (Å²) in [6.45, 7) is 3.05. The Bertz CT molecular complexity index is 517. The maximum absolute atomic E-state index is 11.8. The summed E-state index contributed by atoms with van der Waals surface area (Å²) >= 11 is -1.53. The minimum Gasteiger partial charge on any atom is -0.610 e.